The zero-order valence-electron chi connectivity index (χ0n) is 14.7. The first-order chi connectivity index (χ1) is 11.7. The number of aryl methyl sites for hydroxylation is 1. The monoisotopic (exact) mass is 331 g/mol. The van der Waals surface area contributed by atoms with Gasteiger partial charge < -0.3 is 9.64 Å². The molecule has 3 fully saturated rings. The van der Waals surface area contributed by atoms with Crippen LogP contribution in [0.4, 0.5) is 0 Å². The number of rotatable bonds is 2. The smallest absolute Gasteiger partial charge is 0.225 e. The highest BCUT2D eigenvalue weighted by Crippen LogP contribution is 2.43. The van der Waals surface area contributed by atoms with Crippen molar-refractivity contribution >= 4 is 5.91 Å². The number of ether oxygens (including phenoxy) is 1. The Kier molecular flexibility index (Phi) is 4.61. The third-order valence-corrected chi connectivity index (χ3v) is 6.36. The molecule has 0 radical (unpaired) electrons. The maximum absolute atomic E-state index is 13.1. The Morgan fingerprint density at radius 1 is 1.21 bits per heavy atom. The molecule has 1 aromatic rings. The molecule has 4 unspecified atom stereocenters. The van der Waals surface area contributed by atoms with Crippen molar-refractivity contribution in [2.45, 2.75) is 51.0 Å². The Labute approximate surface area is 144 Å². The van der Waals surface area contributed by atoms with Crippen LogP contribution in [0.1, 0.15) is 56.6 Å². The minimum absolute atomic E-state index is 0.0255. The second kappa shape index (κ2) is 6.87. The van der Waals surface area contributed by atoms with Crippen LogP contribution in [0.2, 0.25) is 0 Å². The van der Waals surface area contributed by atoms with Gasteiger partial charge in [0.15, 0.2) is 0 Å². The summed E-state index contributed by atoms with van der Waals surface area (Å²) < 4.78 is 7.68. The Bertz CT molecular complexity index is 585. The molecule has 5 nitrogen and oxygen atoms in total. The van der Waals surface area contributed by atoms with E-state index in [1.165, 1.54) is 32.1 Å². The minimum atomic E-state index is -0.0255. The summed E-state index contributed by atoms with van der Waals surface area (Å²) in [6.45, 7) is 2.04. The quantitative estimate of drug-likeness (QED) is 0.837. The van der Waals surface area contributed by atoms with Crippen LogP contribution >= 0.6 is 0 Å². The van der Waals surface area contributed by atoms with E-state index in [2.05, 4.69) is 10.00 Å². The molecule has 3 aliphatic rings. The molecule has 1 saturated heterocycles. The number of morpholine rings is 1. The van der Waals surface area contributed by atoms with Crippen molar-refractivity contribution in [3.05, 3.63) is 18.0 Å². The lowest BCUT2D eigenvalue weighted by Gasteiger charge is -2.41. The Balaban J connectivity index is 1.38. The first kappa shape index (κ1) is 16.1. The van der Waals surface area contributed by atoms with Gasteiger partial charge in [-0.3, -0.25) is 9.48 Å². The number of fused-ring (bicyclic) bond motifs is 1. The summed E-state index contributed by atoms with van der Waals surface area (Å²) in [4.78, 5) is 15.1. The van der Waals surface area contributed by atoms with E-state index in [9.17, 15) is 4.79 Å². The molecule has 0 N–H and O–H groups in total. The van der Waals surface area contributed by atoms with Crippen molar-refractivity contribution in [3.8, 4) is 0 Å². The van der Waals surface area contributed by atoms with Gasteiger partial charge in [-0.1, -0.05) is 25.7 Å². The lowest BCUT2D eigenvalue weighted by molar-refractivity contribution is -0.145. The molecule has 5 heteroatoms. The number of aromatic nitrogens is 2. The number of amides is 1. The summed E-state index contributed by atoms with van der Waals surface area (Å²) in [5, 5.41) is 4.23. The molecule has 1 aromatic heterocycles. The van der Waals surface area contributed by atoms with Gasteiger partial charge in [0.2, 0.25) is 5.91 Å². The predicted molar refractivity (Wildman–Crippen MR) is 91.3 cm³/mol. The topological polar surface area (TPSA) is 47.4 Å². The fourth-order valence-corrected chi connectivity index (χ4v) is 5.01. The van der Waals surface area contributed by atoms with E-state index in [1.807, 2.05) is 19.4 Å². The van der Waals surface area contributed by atoms with Crippen LogP contribution in [-0.2, 0) is 16.6 Å². The van der Waals surface area contributed by atoms with Gasteiger partial charge >= 0.3 is 0 Å². The number of hydrogen-bond acceptors (Lipinski definition) is 3. The maximum Gasteiger partial charge on any atom is 0.225 e. The fraction of sp³-hybridized carbons (Fsp3) is 0.789. The summed E-state index contributed by atoms with van der Waals surface area (Å²) in [5.74, 6) is 2.32. The van der Waals surface area contributed by atoms with Crippen LogP contribution in [-0.4, -0.2) is 40.3 Å². The molecule has 24 heavy (non-hydrogen) atoms. The highest BCUT2D eigenvalue weighted by Gasteiger charge is 2.37. The van der Waals surface area contributed by atoms with Crippen molar-refractivity contribution in [2.75, 3.05) is 19.7 Å². The molecule has 0 aromatic carbocycles. The molecule has 2 heterocycles. The van der Waals surface area contributed by atoms with E-state index in [-0.39, 0.29) is 12.0 Å². The Hall–Kier alpha value is -1.36. The van der Waals surface area contributed by atoms with Crippen LogP contribution in [0.5, 0.6) is 0 Å². The summed E-state index contributed by atoms with van der Waals surface area (Å²) in [6.07, 6.45) is 12.8. The first-order valence-corrected chi connectivity index (χ1v) is 9.59. The molecule has 4 rings (SSSR count). The highest BCUT2D eigenvalue weighted by atomic mass is 16.5. The fourth-order valence-electron chi connectivity index (χ4n) is 5.01. The largest absolute Gasteiger partial charge is 0.370 e. The van der Waals surface area contributed by atoms with Crippen molar-refractivity contribution in [3.63, 3.8) is 0 Å². The Morgan fingerprint density at radius 3 is 2.83 bits per heavy atom. The summed E-state index contributed by atoms with van der Waals surface area (Å²) >= 11 is 0. The van der Waals surface area contributed by atoms with Crippen molar-refractivity contribution in [1.82, 2.24) is 14.7 Å². The van der Waals surface area contributed by atoms with Gasteiger partial charge in [-0.15, -0.1) is 0 Å². The SMILES string of the molecule is Cn1cc(C2CN(C(=O)C3CCC4CCCCC4C3)CCO2)cn1. The van der Waals surface area contributed by atoms with E-state index in [0.717, 1.165) is 36.8 Å². The van der Waals surface area contributed by atoms with Crippen LogP contribution in [0, 0.1) is 17.8 Å². The molecular weight excluding hydrogens is 302 g/mol. The van der Waals surface area contributed by atoms with Gasteiger partial charge in [0.25, 0.3) is 0 Å². The molecular formula is C19H29N3O2. The number of nitrogens with zero attached hydrogens (tertiary/aromatic N) is 3. The van der Waals surface area contributed by atoms with E-state index in [4.69, 9.17) is 4.74 Å². The summed E-state index contributed by atoms with van der Waals surface area (Å²) in [7, 11) is 1.91. The van der Waals surface area contributed by atoms with Crippen molar-refractivity contribution < 1.29 is 9.53 Å². The first-order valence-electron chi connectivity index (χ1n) is 9.59. The van der Waals surface area contributed by atoms with E-state index in [0.29, 0.717) is 19.1 Å². The molecule has 1 amide bonds. The number of carbonyl (C=O) groups excluding carboxylic acids is 1. The lowest BCUT2D eigenvalue weighted by Crippen LogP contribution is -2.46. The van der Waals surface area contributed by atoms with Gasteiger partial charge in [-0.05, 0) is 31.1 Å². The van der Waals surface area contributed by atoms with Gasteiger partial charge in [-0.25, -0.2) is 0 Å². The molecule has 2 saturated carbocycles. The van der Waals surface area contributed by atoms with E-state index in [1.54, 1.807) is 4.68 Å². The predicted octanol–water partition coefficient (Wildman–Crippen LogP) is 2.93. The van der Waals surface area contributed by atoms with Crippen LogP contribution in [0.3, 0.4) is 0 Å². The summed E-state index contributed by atoms with van der Waals surface area (Å²) in [5.41, 5.74) is 1.07. The van der Waals surface area contributed by atoms with Crippen LogP contribution < -0.4 is 0 Å². The van der Waals surface area contributed by atoms with Gasteiger partial charge in [0.1, 0.15) is 6.10 Å². The molecule has 0 spiro atoms. The number of carbonyl (C=O) groups is 1. The van der Waals surface area contributed by atoms with Crippen molar-refractivity contribution in [1.29, 1.82) is 0 Å². The van der Waals surface area contributed by atoms with Crippen LogP contribution in [0.15, 0.2) is 12.4 Å². The summed E-state index contributed by atoms with van der Waals surface area (Å²) in [6, 6.07) is 0. The molecule has 132 valence electrons. The maximum atomic E-state index is 13.1. The third kappa shape index (κ3) is 3.23. The standard InChI is InChI=1S/C19H29N3O2/c1-21-12-17(11-20-21)18-13-22(8-9-24-18)19(23)16-7-6-14-4-2-3-5-15(14)10-16/h11-12,14-16,18H,2-10,13H2,1H3. The normalized spacial score (nSPS) is 34.0. The van der Waals surface area contributed by atoms with Crippen molar-refractivity contribution in [2.24, 2.45) is 24.8 Å². The molecule has 4 atom stereocenters. The Morgan fingerprint density at radius 2 is 2.04 bits per heavy atom. The zero-order chi connectivity index (χ0) is 16.5. The van der Waals surface area contributed by atoms with Gasteiger partial charge in [0.05, 0.1) is 19.3 Å². The average Bonchev–Trinajstić information content (AvgIpc) is 3.07. The average molecular weight is 331 g/mol. The van der Waals surface area contributed by atoms with E-state index >= 15 is 0 Å². The minimum Gasteiger partial charge on any atom is -0.370 e. The highest BCUT2D eigenvalue weighted by molar-refractivity contribution is 5.79. The second-order valence-corrected chi connectivity index (χ2v) is 7.91. The third-order valence-electron chi connectivity index (χ3n) is 6.36. The lowest BCUT2D eigenvalue weighted by atomic mass is 9.67. The van der Waals surface area contributed by atoms with Gasteiger partial charge in [0, 0.05) is 31.3 Å². The second-order valence-electron chi connectivity index (χ2n) is 7.91. The molecule has 0 bridgehead atoms. The van der Waals surface area contributed by atoms with Gasteiger partial charge in [-0.2, -0.15) is 5.10 Å². The van der Waals surface area contributed by atoms with E-state index < -0.39 is 0 Å². The number of hydrogen-bond donors (Lipinski definition) is 0. The van der Waals surface area contributed by atoms with Crippen LogP contribution in [0.25, 0.3) is 0 Å². The molecule has 2 aliphatic carbocycles. The zero-order valence-corrected chi connectivity index (χ0v) is 14.7. The molecule has 1 aliphatic heterocycles.